The zero-order chi connectivity index (χ0) is 30.8. The molecular formula is C31H26F3N3O5S. The molecule has 4 aromatic carbocycles. The number of alkyl halides is 3. The van der Waals surface area contributed by atoms with E-state index in [9.17, 15) is 31.2 Å². The summed E-state index contributed by atoms with van der Waals surface area (Å²) in [6, 6.07) is 22.8. The highest BCUT2D eigenvalue weighted by molar-refractivity contribution is 7.93. The Hall–Kier alpha value is -4.84. The van der Waals surface area contributed by atoms with Crippen molar-refractivity contribution in [1.82, 2.24) is 5.32 Å². The van der Waals surface area contributed by atoms with Gasteiger partial charge in [-0.2, -0.15) is 13.2 Å². The van der Waals surface area contributed by atoms with Crippen LogP contribution in [-0.4, -0.2) is 38.0 Å². The fraction of sp³-hybridized carbons (Fsp3) is 0.161. The molecule has 1 amide bonds. The molecule has 0 fully saturated rings. The normalized spacial score (nSPS) is 14.7. The van der Waals surface area contributed by atoms with Crippen LogP contribution in [-0.2, 0) is 38.8 Å². The fourth-order valence-electron chi connectivity index (χ4n) is 4.89. The molecule has 0 spiro atoms. The van der Waals surface area contributed by atoms with Gasteiger partial charge >= 0.3 is 12.1 Å². The number of carboxylic acids is 1. The van der Waals surface area contributed by atoms with E-state index in [1.165, 1.54) is 36.4 Å². The highest BCUT2D eigenvalue weighted by Crippen LogP contribution is 2.38. The molecule has 222 valence electrons. The van der Waals surface area contributed by atoms with Crippen molar-refractivity contribution in [3.63, 3.8) is 0 Å². The van der Waals surface area contributed by atoms with Crippen molar-refractivity contribution in [1.29, 1.82) is 0 Å². The number of rotatable bonds is 9. The molecular weight excluding hydrogens is 583 g/mol. The van der Waals surface area contributed by atoms with E-state index in [0.29, 0.717) is 22.5 Å². The number of hydrogen-bond acceptors (Lipinski definition) is 5. The first kappa shape index (κ1) is 29.6. The van der Waals surface area contributed by atoms with Gasteiger partial charge in [-0.1, -0.05) is 54.6 Å². The average Bonchev–Trinajstić information content (AvgIpc) is 3.40. The quantitative estimate of drug-likeness (QED) is 0.237. The van der Waals surface area contributed by atoms with Gasteiger partial charge in [0.05, 0.1) is 16.1 Å². The van der Waals surface area contributed by atoms with Crippen molar-refractivity contribution in [3.05, 3.63) is 114 Å². The number of sulfonamides is 1. The number of carboxylic acid groups (broad SMARTS) is 1. The molecule has 0 aromatic heterocycles. The molecule has 4 aromatic rings. The van der Waals surface area contributed by atoms with Crippen molar-refractivity contribution in [3.8, 4) is 11.1 Å². The largest absolute Gasteiger partial charge is 0.480 e. The number of halogens is 3. The van der Waals surface area contributed by atoms with Crippen LogP contribution in [0.25, 0.3) is 11.1 Å². The summed E-state index contributed by atoms with van der Waals surface area (Å²) >= 11 is 0. The topological polar surface area (TPSA) is 116 Å². The first-order chi connectivity index (χ1) is 20.4. The second kappa shape index (κ2) is 11.8. The van der Waals surface area contributed by atoms with Gasteiger partial charge in [0, 0.05) is 18.7 Å². The molecule has 1 aliphatic heterocycles. The summed E-state index contributed by atoms with van der Waals surface area (Å²) in [7, 11) is -4.24. The summed E-state index contributed by atoms with van der Waals surface area (Å²) in [6.07, 6.45) is -4.36. The number of benzene rings is 4. The van der Waals surface area contributed by atoms with Crippen LogP contribution >= 0.6 is 0 Å². The van der Waals surface area contributed by atoms with Gasteiger partial charge in [-0.3, -0.25) is 13.9 Å². The Morgan fingerprint density at radius 2 is 1.58 bits per heavy atom. The lowest BCUT2D eigenvalue weighted by Gasteiger charge is -2.26. The van der Waals surface area contributed by atoms with Crippen LogP contribution in [0.3, 0.4) is 0 Å². The molecule has 0 unspecified atom stereocenters. The minimum atomic E-state index is -4.51. The summed E-state index contributed by atoms with van der Waals surface area (Å²) in [5.74, 6) is -1.51. The standard InChI is InChI=1S/C31H26F3N3O5S/c32-31(33,34)24-6-3-5-22(16-24)21-10-14-26(15-11-21)43(41,42)37-27-7-2-1-4-23(27)17-28(37)30(40)36-18-20-8-12-25(13-9-20)35-19-29(38)39/h1-16,28,35H,17-19H2,(H,36,40)(H,38,39)/t28-/m0/s1. The van der Waals surface area contributed by atoms with E-state index < -0.39 is 39.7 Å². The van der Waals surface area contributed by atoms with E-state index in [1.54, 1.807) is 48.5 Å². The maximum absolute atomic E-state index is 13.9. The number of para-hydroxylation sites is 1. The maximum Gasteiger partial charge on any atom is 0.416 e. The average molecular weight is 610 g/mol. The predicted octanol–water partition coefficient (Wildman–Crippen LogP) is 5.31. The molecule has 5 rings (SSSR count). The number of hydrogen-bond donors (Lipinski definition) is 3. The van der Waals surface area contributed by atoms with Crippen LogP contribution in [0, 0.1) is 0 Å². The van der Waals surface area contributed by atoms with Gasteiger partial charge < -0.3 is 15.7 Å². The van der Waals surface area contributed by atoms with E-state index in [2.05, 4.69) is 10.6 Å². The van der Waals surface area contributed by atoms with Gasteiger partial charge in [0.15, 0.2) is 0 Å². The first-order valence-electron chi connectivity index (χ1n) is 13.2. The van der Waals surface area contributed by atoms with Crippen LogP contribution in [0.15, 0.2) is 102 Å². The fourth-order valence-corrected chi connectivity index (χ4v) is 6.54. The van der Waals surface area contributed by atoms with Gasteiger partial charge in [0.1, 0.15) is 12.6 Å². The van der Waals surface area contributed by atoms with Crippen LogP contribution in [0.1, 0.15) is 16.7 Å². The lowest BCUT2D eigenvalue weighted by molar-refractivity contribution is -0.137. The van der Waals surface area contributed by atoms with Gasteiger partial charge in [-0.15, -0.1) is 0 Å². The molecule has 0 saturated carbocycles. The highest BCUT2D eigenvalue weighted by atomic mass is 32.2. The van der Waals surface area contributed by atoms with E-state index in [4.69, 9.17) is 5.11 Å². The molecule has 1 heterocycles. The van der Waals surface area contributed by atoms with Gasteiger partial charge in [0.2, 0.25) is 5.91 Å². The lowest BCUT2D eigenvalue weighted by Crippen LogP contribution is -2.47. The zero-order valence-electron chi connectivity index (χ0n) is 22.5. The number of nitrogens with zero attached hydrogens (tertiary/aromatic N) is 1. The van der Waals surface area contributed by atoms with E-state index in [1.807, 2.05) is 0 Å². The molecule has 3 N–H and O–H groups in total. The Kier molecular flexibility index (Phi) is 8.14. The number of amides is 1. The molecule has 0 radical (unpaired) electrons. The van der Waals surface area contributed by atoms with Crippen molar-refractivity contribution in [2.45, 2.75) is 30.1 Å². The van der Waals surface area contributed by atoms with Gasteiger partial charge in [0.25, 0.3) is 10.0 Å². The van der Waals surface area contributed by atoms with E-state index in [-0.39, 0.29) is 30.0 Å². The molecule has 1 aliphatic rings. The number of carbonyl (C=O) groups is 2. The van der Waals surface area contributed by atoms with Crippen molar-refractivity contribution >= 4 is 33.3 Å². The van der Waals surface area contributed by atoms with Crippen LogP contribution in [0.4, 0.5) is 24.5 Å². The summed E-state index contributed by atoms with van der Waals surface area (Å²) in [6.45, 7) is -0.124. The summed E-state index contributed by atoms with van der Waals surface area (Å²) in [5, 5.41) is 14.3. The van der Waals surface area contributed by atoms with Gasteiger partial charge in [-0.05, 0) is 64.7 Å². The summed E-state index contributed by atoms with van der Waals surface area (Å²) in [4.78, 5) is 24.0. The number of anilines is 2. The van der Waals surface area contributed by atoms with Gasteiger partial charge in [-0.25, -0.2) is 8.42 Å². The Morgan fingerprint density at radius 1 is 0.884 bits per heavy atom. The van der Waals surface area contributed by atoms with Crippen LogP contribution < -0.4 is 14.9 Å². The molecule has 43 heavy (non-hydrogen) atoms. The molecule has 0 bridgehead atoms. The third kappa shape index (κ3) is 6.49. The molecule has 8 nitrogen and oxygen atoms in total. The third-order valence-electron chi connectivity index (χ3n) is 7.03. The molecule has 0 saturated heterocycles. The zero-order valence-corrected chi connectivity index (χ0v) is 23.3. The smallest absolute Gasteiger partial charge is 0.416 e. The Balaban J connectivity index is 1.36. The molecule has 1 atom stereocenters. The SMILES string of the molecule is O=C(O)CNc1ccc(CNC(=O)[C@@H]2Cc3ccccc3N2S(=O)(=O)c2ccc(-c3cccc(C(F)(F)F)c3)cc2)cc1. The Bertz CT molecular complexity index is 1760. The third-order valence-corrected chi connectivity index (χ3v) is 8.86. The summed E-state index contributed by atoms with van der Waals surface area (Å²) in [5.41, 5.74) is 2.26. The Morgan fingerprint density at radius 3 is 2.26 bits per heavy atom. The van der Waals surface area contributed by atoms with Crippen molar-refractivity contribution in [2.24, 2.45) is 0 Å². The minimum absolute atomic E-state index is 0.109. The van der Waals surface area contributed by atoms with E-state index >= 15 is 0 Å². The molecule has 0 aliphatic carbocycles. The number of carbonyl (C=O) groups excluding carboxylic acids is 1. The molecule has 12 heteroatoms. The van der Waals surface area contributed by atoms with Crippen LogP contribution in [0.5, 0.6) is 0 Å². The first-order valence-corrected chi connectivity index (χ1v) is 14.6. The second-order valence-corrected chi connectivity index (χ2v) is 11.7. The van der Waals surface area contributed by atoms with Crippen LogP contribution in [0.2, 0.25) is 0 Å². The lowest BCUT2D eigenvalue weighted by atomic mass is 10.0. The second-order valence-electron chi connectivity index (χ2n) is 9.91. The van der Waals surface area contributed by atoms with Crippen molar-refractivity contribution < 1.29 is 36.3 Å². The Labute approximate surface area is 245 Å². The maximum atomic E-state index is 13.9. The predicted molar refractivity (Wildman–Crippen MR) is 155 cm³/mol. The highest BCUT2D eigenvalue weighted by Gasteiger charge is 2.42. The monoisotopic (exact) mass is 609 g/mol. The minimum Gasteiger partial charge on any atom is -0.480 e. The number of nitrogens with one attached hydrogen (secondary N) is 2. The number of fused-ring (bicyclic) bond motifs is 1. The number of aliphatic carboxylic acids is 1. The van der Waals surface area contributed by atoms with E-state index in [0.717, 1.165) is 22.0 Å². The van der Waals surface area contributed by atoms with Crippen molar-refractivity contribution in [2.75, 3.05) is 16.2 Å². The summed E-state index contributed by atoms with van der Waals surface area (Å²) < 4.78 is 68.5.